The van der Waals surface area contributed by atoms with Crippen LogP contribution >= 0.6 is 0 Å². The summed E-state index contributed by atoms with van der Waals surface area (Å²) in [5, 5.41) is 11.9. The van der Waals surface area contributed by atoms with Gasteiger partial charge in [0.15, 0.2) is 0 Å². The molecule has 8 nitrogen and oxygen atoms in total. The molecule has 8 heteroatoms. The van der Waals surface area contributed by atoms with Gasteiger partial charge in [-0.3, -0.25) is 30.6 Å². The van der Waals surface area contributed by atoms with Gasteiger partial charge in [0.2, 0.25) is 0 Å². The van der Waals surface area contributed by atoms with Crippen LogP contribution in [0, 0.1) is 10.1 Å². The van der Waals surface area contributed by atoms with E-state index in [4.69, 9.17) is 0 Å². The Balaban J connectivity index is 1.53. The van der Waals surface area contributed by atoms with Crippen LogP contribution in [-0.4, -0.2) is 21.7 Å². The molecular formula is C20H18N4O4. The van der Waals surface area contributed by atoms with Crippen LogP contribution in [0.15, 0.2) is 42.5 Å². The lowest BCUT2D eigenvalue weighted by Gasteiger charge is -2.10. The number of hydrazine groups is 1. The number of rotatable bonds is 3. The van der Waals surface area contributed by atoms with Crippen LogP contribution < -0.4 is 10.9 Å². The van der Waals surface area contributed by atoms with E-state index in [1.807, 2.05) is 12.1 Å². The van der Waals surface area contributed by atoms with Crippen molar-refractivity contribution in [1.29, 1.82) is 0 Å². The van der Waals surface area contributed by atoms with E-state index in [1.165, 1.54) is 29.5 Å². The minimum atomic E-state index is -0.630. The topological polar surface area (TPSA) is 117 Å². The third-order valence-corrected chi connectivity index (χ3v) is 4.99. The molecule has 3 aromatic rings. The molecule has 4 rings (SSSR count). The molecule has 0 spiro atoms. The molecule has 2 aromatic carbocycles. The first-order chi connectivity index (χ1) is 13.5. The summed E-state index contributed by atoms with van der Waals surface area (Å²) in [5.41, 5.74) is 8.22. The first kappa shape index (κ1) is 17.7. The molecule has 1 aromatic heterocycles. The molecule has 0 bridgehead atoms. The van der Waals surface area contributed by atoms with Crippen molar-refractivity contribution < 1.29 is 14.5 Å². The van der Waals surface area contributed by atoms with Gasteiger partial charge in [0, 0.05) is 28.8 Å². The summed E-state index contributed by atoms with van der Waals surface area (Å²) >= 11 is 0. The number of nitrogens with one attached hydrogen (secondary N) is 3. The Kier molecular flexibility index (Phi) is 4.52. The number of aryl methyl sites for hydroxylation is 2. The molecule has 0 saturated heterocycles. The summed E-state index contributed by atoms with van der Waals surface area (Å²) in [4.78, 5) is 38.5. The number of aromatic nitrogens is 1. The van der Waals surface area contributed by atoms with Gasteiger partial charge in [0.25, 0.3) is 17.5 Å². The van der Waals surface area contributed by atoms with Crippen molar-refractivity contribution >= 4 is 28.4 Å². The third-order valence-electron chi connectivity index (χ3n) is 4.99. The van der Waals surface area contributed by atoms with Gasteiger partial charge >= 0.3 is 0 Å². The summed E-state index contributed by atoms with van der Waals surface area (Å²) in [6.45, 7) is 0. The van der Waals surface area contributed by atoms with Crippen LogP contribution in [0.3, 0.4) is 0 Å². The highest BCUT2D eigenvalue weighted by Gasteiger charge is 2.20. The minimum Gasteiger partial charge on any atom is -0.358 e. The Morgan fingerprint density at radius 2 is 1.75 bits per heavy atom. The molecular weight excluding hydrogens is 360 g/mol. The minimum absolute atomic E-state index is 0.0862. The SMILES string of the molecule is O=C(NNC(=O)c1cccc2c3c([nH]c12)CCCC3)c1cccc([N+](=O)[O-])c1. The number of nitrogens with zero attached hydrogens (tertiary/aromatic N) is 1. The largest absolute Gasteiger partial charge is 0.358 e. The van der Waals surface area contributed by atoms with Crippen molar-refractivity contribution in [2.24, 2.45) is 0 Å². The van der Waals surface area contributed by atoms with Gasteiger partial charge in [-0.15, -0.1) is 0 Å². The number of amides is 2. The van der Waals surface area contributed by atoms with Crippen molar-refractivity contribution in [2.75, 3.05) is 0 Å². The zero-order valence-corrected chi connectivity index (χ0v) is 15.0. The molecule has 0 fully saturated rings. The lowest BCUT2D eigenvalue weighted by atomic mass is 9.95. The van der Waals surface area contributed by atoms with Crippen LogP contribution in [-0.2, 0) is 12.8 Å². The summed E-state index contributed by atoms with van der Waals surface area (Å²) in [6, 6.07) is 10.8. The number of hydrogen-bond acceptors (Lipinski definition) is 4. The summed E-state index contributed by atoms with van der Waals surface area (Å²) in [6.07, 6.45) is 4.22. The molecule has 0 unspecified atom stereocenters. The molecule has 142 valence electrons. The molecule has 0 radical (unpaired) electrons. The second-order valence-corrected chi connectivity index (χ2v) is 6.73. The predicted octanol–water partition coefficient (Wildman–Crippen LogP) is 3.03. The van der Waals surface area contributed by atoms with E-state index in [0.717, 1.165) is 42.7 Å². The maximum atomic E-state index is 12.6. The van der Waals surface area contributed by atoms with Gasteiger partial charge in [-0.2, -0.15) is 0 Å². The van der Waals surface area contributed by atoms with Crippen LogP contribution in [0.1, 0.15) is 44.8 Å². The monoisotopic (exact) mass is 378 g/mol. The Morgan fingerprint density at radius 1 is 1.00 bits per heavy atom. The van der Waals surface area contributed by atoms with Crippen molar-refractivity contribution in [3.05, 3.63) is 75.0 Å². The Hall–Kier alpha value is -3.68. The van der Waals surface area contributed by atoms with Gasteiger partial charge in [0.05, 0.1) is 16.0 Å². The molecule has 2 amide bonds. The van der Waals surface area contributed by atoms with Gasteiger partial charge < -0.3 is 4.98 Å². The molecule has 1 aliphatic carbocycles. The Bertz CT molecular complexity index is 1100. The smallest absolute Gasteiger partial charge is 0.271 e. The number of H-pyrrole nitrogens is 1. The van der Waals surface area contributed by atoms with E-state index < -0.39 is 16.7 Å². The van der Waals surface area contributed by atoms with E-state index in [1.54, 1.807) is 6.07 Å². The number of nitro benzene ring substituents is 1. The fourth-order valence-corrected chi connectivity index (χ4v) is 3.63. The number of fused-ring (bicyclic) bond motifs is 3. The summed E-state index contributed by atoms with van der Waals surface area (Å²) in [7, 11) is 0. The molecule has 1 aliphatic rings. The van der Waals surface area contributed by atoms with Gasteiger partial charge in [-0.25, -0.2) is 0 Å². The van der Waals surface area contributed by atoms with Crippen LogP contribution in [0.2, 0.25) is 0 Å². The fourth-order valence-electron chi connectivity index (χ4n) is 3.63. The lowest BCUT2D eigenvalue weighted by molar-refractivity contribution is -0.384. The molecule has 0 atom stereocenters. The summed E-state index contributed by atoms with van der Waals surface area (Å²) in [5.74, 6) is -1.09. The highest BCUT2D eigenvalue weighted by molar-refractivity contribution is 6.07. The molecule has 3 N–H and O–H groups in total. The van der Waals surface area contributed by atoms with E-state index >= 15 is 0 Å². The van der Waals surface area contributed by atoms with Crippen molar-refractivity contribution in [3.8, 4) is 0 Å². The van der Waals surface area contributed by atoms with Crippen LogP contribution in [0.4, 0.5) is 5.69 Å². The quantitative estimate of drug-likeness (QED) is 0.480. The van der Waals surface area contributed by atoms with E-state index in [-0.39, 0.29) is 11.3 Å². The highest BCUT2D eigenvalue weighted by atomic mass is 16.6. The van der Waals surface area contributed by atoms with Gasteiger partial charge in [-0.05, 0) is 43.4 Å². The first-order valence-electron chi connectivity index (χ1n) is 9.02. The number of para-hydroxylation sites is 1. The van der Waals surface area contributed by atoms with E-state index in [9.17, 15) is 19.7 Å². The van der Waals surface area contributed by atoms with E-state index in [0.29, 0.717) is 5.56 Å². The third kappa shape index (κ3) is 3.20. The number of carbonyl (C=O) groups excluding carboxylic acids is 2. The molecule has 1 heterocycles. The lowest BCUT2D eigenvalue weighted by Crippen LogP contribution is -2.41. The number of carbonyl (C=O) groups is 2. The average molecular weight is 378 g/mol. The Morgan fingerprint density at radius 3 is 2.57 bits per heavy atom. The number of aromatic amines is 1. The number of benzene rings is 2. The summed E-state index contributed by atoms with van der Waals surface area (Å²) < 4.78 is 0. The first-order valence-corrected chi connectivity index (χ1v) is 9.02. The standard InChI is InChI=1S/C20H18N4O4/c25-19(12-5-3-6-13(11-12)24(27)28)22-23-20(26)16-9-4-8-15-14-7-1-2-10-17(14)21-18(15)16/h3-6,8-9,11,21H,1-2,7,10H2,(H,22,25)(H,23,26). The fraction of sp³-hybridized carbons (Fsp3) is 0.200. The molecule has 0 aliphatic heterocycles. The van der Waals surface area contributed by atoms with Crippen LogP contribution in [0.25, 0.3) is 10.9 Å². The van der Waals surface area contributed by atoms with Crippen LogP contribution in [0.5, 0.6) is 0 Å². The Labute approximate surface area is 160 Å². The zero-order valence-electron chi connectivity index (χ0n) is 15.0. The average Bonchev–Trinajstić information content (AvgIpc) is 3.10. The van der Waals surface area contributed by atoms with E-state index in [2.05, 4.69) is 15.8 Å². The number of non-ortho nitro benzene ring substituents is 1. The second kappa shape index (κ2) is 7.15. The normalized spacial score (nSPS) is 13.0. The second-order valence-electron chi connectivity index (χ2n) is 6.73. The van der Waals surface area contributed by atoms with Crippen molar-refractivity contribution in [3.63, 3.8) is 0 Å². The van der Waals surface area contributed by atoms with Crippen molar-refractivity contribution in [1.82, 2.24) is 15.8 Å². The van der Waals surface area contributed by atoms with Gasteiger partial charge in [-0.1, -0.05) is 18.2 Å². The zero-order chi connectivity index (χ0) is 19.7. The van der Waals surface area contributed by atoms with Gasteiger partial charge in [0.1, 0.15) is 0 Å². The number of hydrogen-bond donors (Lipinski definition) is 3. The predicted molar refractivity (Wildman–Crippen MR) is 103 cm³/mol. The maximum Gasteiger partial charge on any atom is 0.271 e. The molecule has 0 saturated carbocycles. The number of nitro groups is 1. The highest BCUT2D eigenvalue weighted by Crippen LogP contribution is 2.30. The van der Waals surface area contributed by atoms with Crippen molar-refractivity contribution in [2.45, 2.75) is 25.7 Å². The molecule has 28 heavy (non-hydrogen) atoms. The maximum absolute atomic E-state index is 12.6.